The summed E-state index contributed by atoms with van der Waals surface area (Å²) in [7, 11) is 1.66. The van der Waals surface area contributed by atoms with Crippen molar-refractivity contribution in [3.63, 3.8) is 0 Å². The fraction of sp³-hybridized carbons (Fsp3) is 0.438. The summed E-state index contributed by atoms with van der Waals surface area (Å²) in [6.45, 7) is 3.76. The lowest BCUT2D eigenvalue weighted by Gasteiger charge is -2.10. The SMILES string of the molecule is COc1ccccc1OCCCCCn1cc(C)cn1. The van der Waals surface area contributed by atoms with Gasteiger partial charge in [-0.1, -0.05) is 12.1 Å². The van der Waals surface area contributed by atoms with E-state index in [1.54, 1.807) is 7.11 Å². The van der Waals surface area contributed by atoms with E-state index in [2.05, 4.69) is 18.2 Å². The molecule has 108 valence electrons. The number of hydrogen-bond donors (Lipinski definition) is 0. The molecule has 0 fully saturated rings. The van der Waals surface area contributed by atoms with Crippen molar-refractivity contribution < 1.29 is 9.47 Å². The summed E-state index contributed by atoms with van der Waals surface area (Å²) in [6, 6.07) is 7.75. The summed E-state index contributed by atoms with van der Waals surface area (Å²) < 4.78 is 13.0. The van der Waals surface area contributed by atoms with Crippen LogP contribution in [0.1, 0.15) is 24.8 Å². The third-order valence-electron chi connectivity index (χ3n) is 3.12. The number of para-hydroxylation sites is 2. The molecule has 0 unspecified atom stereocenters. The molecule has 2 rings (SSSR count). The summed E-state index contributed by atoms with van der Waals surface area (Å²) in [5, 5.41) is 4.27. The van der Waals surface area contributed by atoms with Gasteiger partial charge in [0, 0.05) is 12.7 Å². The number of ether oxygens (including phenoxy) is 2. The Kier molecular flexibility index (Phi) is 5.47. The van der Waals surface area contributed by atoms with Crippen molar-refractivity contribution in [1.29, 1.82) is 0 Å². The standard InChI is InChI=1S/C16H22N2O2/c1-14-12-17-18(13-14)10-6-3-7-11-20-16-9-5-4-8-15(16)19-2/h4-5,8-9,12-13H,3,6-7,10-11H2,1-2H3. The maximum absolute atomic E-state index is 5.74. The van der Waals surface area contributed by atoms with Crippen LogP contribution in [0.5, 0.6) is 11.5 Å². The van der Waals surface area contributed by atoms with Crippen LogP contribution in [0.4, 0.5) is 0 Å². The van der Waals surface area contributed by atoms with Gasteiger partial charge in [0.25, 0.3) is 0 Å². The highest BCUT2D eigenvalue weighted by molar-refractivity contribution is 5.39. The number of benzene rings is 1. The van der Waals surface area contributed by atoms with Gasteiger partial charge in [0.2, 0.25) is 0 Å². The number of nitrogens with zero attached hydrogens (tertiary/aromatic N) is 2. The zero-order valence-electron chi connectivity index (χ0n) is 12.2. The molecule has 0 aliphatic rings. The average molecular weight is 274 g/mol. The second-order valence-electron chi connectivity index (χ2n) is 4.84. The predicted molar refractivity (Wildman–Crippen MR) is 79.3 cm³/mol. The molecule has 0 aliphatic heterocycles. The van der Waals surface area contributed by atoms with E-state index in [-0.39, 0.29) is 0 Å². The Morgan fingerprint density at radius 3 is 2.60 bits per heavy atom. The van der Waals surface area contributed by atoms with E-state index in [0.717, 1.165) is 43.9 Å². The van der Waals surface area contributed by atoms with Crippen molar-refractivity contribution >= 4 is 0 Å². The first-order valence-corrected chi connectivity index (χ1v) is 7.04. The lowest BCUT2D eigenvalue weighted by molar-refractivity contribution is 0.284. The van der Waals surface area contributed by atoms with Gasteiger partial charge in [0.05, 0.1) is 19.9 Å². The van der Waals surface area contributed by atoms with Crippen molar-refractivity contribution in [3.05, 3.63) is 42.2 Å². The van der Waals surface area contributed by atoms with Crippen LogP contribution in [0.25, 0.3) is 0 Å². The summed E-state index contributed by atoms with van der Waals surface area (Å²) in [6.07, 6.45) is 7.26. The van der Waals surface area contributed by atoms with Crippen molar-refractivity contribution in [2.24, 2.45) is 0 Å². The highest BCUT2D eigenvalue weighted by atomic mass is 16.5. The van der Waals surface area contributed by atoms with Crippen LogP contribution in [-0.2, 0) is 6.54 Å². The van der Waals surface area contributed by atoms with Crippen LogP contribution in [0, 0.1) is 6.92 Å². The Balaban J connectivity index is 1.62. The van der Waals surface area contributed by atoms with Crippen LogP contribution in [0.3, 0.4) is 0 Å². The largest absolute Gasteiger partial charge is 0.493 e. The molecule has 0 N–H and O–H groups in total. The lowest BCUT2D eigenvalue weighted by atomic mass is 10.2. The fourth-order valence-corrected chi connectivity index (χ4v) is 2.06. The Morgan fingerprint density at radius 2 is 1.90 bits per heavy atom. The molecule has 1 aromatic heterocycles. The van der Waals surface area contributed by atoms with Gasteiger partial charge in [-0.3, -0.25) is 4.68 Å². The highest BCUT2D eigenvalue weighted by Gasteiger charge is 2.01. The molecule has 20 heavy (non-hydrogen) atoms. The highest BCUT2D eigenvalue weighted by Crippen LogP contribution is 2.25. The maximum Gasteiger partial charge on any atom is 0.161 e. The zero-order chi connectivity index (χ0) is 14.2. The topological polar surface area (TPSA) is 36.3 Å². The Hall–Kier alpha value is -1.97. The average Bonchev–Trinajstić information content (AvgIpc) is 2.88. The third-order valence-corrected chi connectivity index (χ3v) is 3.12. The van der Waals surface area contributed by atoms with E-state index in [1.165, 1.54) is 5.56 Å². The van der Waals surface area contributed by atoms with E-state index in [0.29, 0.717) is 0 Å². The van der Waals surface area contributed by atoms with Crippen molar-refractivity contribution in [2.75, 3.05) is 13.7 Å². The molecule has 4 nitrogen and oxygen atoms in total. The van der Waals surface area contributed by atoms with Gasteiger partial charge < -0.3 is 9.47 Å². The molecule has 0 saturated heterocycles. The first-order valence-electron chi connectivity index (χ1n) is 7.04. The number of aryl methyl sites for hydroxylation is 2. The maximum atomic E-state index is 5.74. The summed E-state index contributed by atoms with van der Waals surface area (Å²) in [5.41, 5.74) is 1.21. The molecule has 0 spiro atoms. The lowest BCUT2D eigenvalue weighted by Crippen LogP contribution is -2.01. The molecule has 1 aromatic carbocycles. The minimum atomic E-state index is 0.721. The molecular formula is C16H22N2O2. The summed E-state index contributed by atoms with van der Waals surface area (Å²) >= 11 is 0. The molecule has 0 amide bonds. The minimum Gasteiger partial charge on any atom is -0.493 e. The number of methoxy groups -OCH3 is 1. The van der Waals surface area contributed by atoms with E-state index in [4.69, 9.17) is 9.47 Å². The second-order valence-corrected chi connectivity index (χ2v) is 4.84. The second kappa shape index (κ2) is 7.58. The molecule has 1 heterocycles. The van der Waals surface area contributed by atoms with Crippen LogP contribution >= 0.6 is 0 Å². The van der Waals surface area contributed by atoms with E-state index in [1.807, 2.05) is 35.1 Å². The smallest absolute Gasteiger partial charge is 0.161 e. The van der Waals surface area contributed by atoms with E-state index < -0.39 is 0 Å². The minimum absolute atomic E-state index is 0.721. The quantitative estimate of drug-likeness (QED) is 0.692. The van der Waals surface area contributed by atoms with Gasteiger partial charge >= 0.3 is 0 Å². The van der Waals surface area contributed by atoms with Gasteiger partial charge in [0.1, 0.15) is 0 Å². The number of unbranched alkanes of at least 4 members (excludes halogenated alkanes) is 2. The van der Waals surface area contributed by atoms with Gasteiger partial charge in [-0.15, -0.1) is 0 Å². The van der Waals surface area contributed by atoms with Crippen LogP contribution in [0.2, 0.25) is 0 Å². The van der Waals surface area contributed by atoms with Gasteiger partial charge in [0.15, 0.2) is 11.5 Å². The van der Waals surface area contributed by atoms with Gasteiger partial charge in [-0.2, -0.15) is 5.10 Å². The van der Waals surface area contributed by atoms with Crippen LogP contribution < -0.4 is 9.47 Å². The Bertz CT molecular complexity index is 523. The molecule has 0 atom stereocenters. The number of rotatable bonds is 8. The third kappa shape index (κ3) is 4.30. The molecule has 0 radical (unpaired) electrons. The van der Waals surface area contributed by atoms with E-state index >= 15 is 0 Å². The van der Waals surface area contributed by atoms with Crippen LogP contribution in [0.15, 0.2) is 36.7 Å². The predicted octanol–water partition coefficient (Wildman–Crippen LogP) is 3.45. The monoisotopic (exact) mass is 274 g/mol. The fourth-order valence-electron chi connectivity index (χ4n) is 2.06. The summed E-state index contributed by atoms with van der Waals surface area (Å²) in [5.74, 6) is 1.61. The molecular weight excluding hydrogens is 252 g/mol. The molecule has 4 heteroatoms. The number of hydrogen-bond acceptors (Lipinski definition) is 3. The molecule has 2 aromatic rings. The number of aromatic nitrogens is 2. The summed E-state index contributed by atoms with van der Waals surface area (Å²) in [4.78, 5) is 0. The first kappa shape index (κ1) is 14.4. The van der Waals surface area contributed by atoms with Crippen molar-refractivity contribution in [3.8, 4) is 11.5 Å². The van der Waals surface area contributed by atoms with Crippen molar-refractivity contribution in [2.45, 2.75) is 32.7 Å². The molecule has 0 bridgehead atoms. The van der Waals surface area contributed by atoms with Gasteiger partial charge in [-0.25, -0.2) is 0 Å². The van der Waals surface area contributed by atoms with Gasteiger partial charge in [-0.05, 0) is 43.9 Å². The first-order chi connectivity index (χ1) is 9.79. The van der Waals surface area contributed by atoms with Crippen molar-refractivity contribution in [1.82, 2.24) is 9.78 Å². The van der Waals surface area contributed by atoms with E-state index in [9.17, 15) is 0 Å². The molecule has 0 aliphatic carbocycles. The molecule has 0 saturated carbocycles. The normalized spacial score (nSPS) is 10.5. The van der Waals surface area contributed by atoms with Crippen LogP contribution in [-0.4, -0.2) is 23.5 Å². The zero-order valence-corrected chi connectivity index (χ0v) is 12.2. The Labute approximate surface area is 120 Å². The Morgan fingerprint density at radius 1 is 1.10 bits per heavy atom.